The molecule has 0 aromatic carbocycles. The number of imide groups is 1. The average molecular weight is 346 g/mol. The lowest BCUT2D eigenvalue weighted by Crippen LogP contribution is -2.35. The van der Waals surface area contributed by atoms with Gasteiger partial charge in [-0.05, 0) is 24.7 Å². The van der Waals surface area contributed by atoms with Crippen molar-refractivity contribution >= 4 is 34.2 Å². The summed E-state index contributed by atoms with van der Waals surface area (Å²) in [6.07, 6.45) is 5.89. The van der Waals surface area contributed by atoms with Crippen molar-refractivity contribution in [1.82, 2.24) is 15.1 Å². The number of anilines is 1. The van der Waals surface area contributed by atoms with Gasteiger partial charge in [0, 0.05) is 13.0 Å². The van der Waals surface area contributed by atoms with Gasteiger partial charge >= 0.3 is 0 Å². The number of hydrogen-bond donors (Lipinski definition) is 1. The molecular formula is C16H18N4O3S. The number of aromatic nitrogens is 2. The lowest BCUT2D eigenvalue weighted by atomic mass is 9.85. The Balaban J connectivity index is 1.35. The maximum absolute atomic E-state index is 12.5. The summed E-state index contributed by atoms with van der Waals surface area (Å²) < 4.78 is 0. The molecule has 24 heavy (non-hydrogen) atoms. The largest absolute Gasteiger partial charge is 0.300 e. The molecule has 2 bridgehead atoms. The number of allylic oxidation sites excluding steroid dienone is 2. The highest BCUT2D eigenvalue weighted by Crippen LogP contribution is 2.52. The molecule has 1 aromatic rings. The fourth-order valence-corrected chi connectivity index (χ4v) is 4.72. The number of nitrogens with one attached hydrogen (secondary N) is 1. The van der Waals surface area contributed by atoms with E-state index in [0.29, 0.717) is 5.13 Å². The Labute approximate surface area is 143 Å². The first-order valence-electron chi connectivity index (χ1n) is 8.24. The lowest BCUT2D eigenvalue weighted by molar-refractivity contribution is -0.140. The standard InChI is InChI=1S/C16H18N4O3S/c1-2-11-18-19-16(24-11)17-10(21)5-6-20-14(22)12-8-3-4-9(7-8)13(12)15(20)23/h3-4,8-9,12-13H,2,5-7H2,1H3,(H,17,19,21). The number of carbonyl (C=O) groups is 3. The van der Waals surface area contributed by atoms with Crippen LogP contribution in [-0.2, 0) is 20.8 Å². The molecule has 1 aliphatic heterocycles. The minimum Gasteiger partial charge on any atom is -0.300 e. The first-order chi connectivity index (χ1) is 11.6. The van der Waals surface area contributed by atoms with Gasteiger partial charge in [-0.2, -0.15) is 0 Å². The second-order valence-electron chi connectivity index (χ2n) is 6.48. The summed E-state index contributed by atoms with van der Waals surface area (Å²) in [5.41, 5.74) is 0. The summed E-state index contributed by atoms with van der Waals surface area (Å²) in [6.45, 7) is 2.10. The Morgan fingerprint density at radius 3 is 2.50 bits per heavy atom. The van der Waals surface area contributed by atoms with Crippen LogP contribution in [0.3, 0.4) is 0 Å². The molecule has 0 spiro atoms. The first kappa shape index (κ1) is 15.4. The zero-order valence-corrected chi connectivity index (χ0v) is 14.1. The fourth-order valence-electron chi connectivity index (χ4n) is 4.03. The maximum atomic E-state index is 12.5. The zero-order chi connectivity index (χ0) is 16.8. The quantitative estimate of drug-likeness (QED) is 0.640. The lowest BCUT2D eigenvalue weighted by Gasteiger charge is -2.16. The van der Waals surface area contributed by atoms with Crippen molar-refractivity contribution in [2.75, 3.05) is 11.9 Å². The molecule has 8 heteroatoms. The van der Waals surface area contributed by atoms with E-state index in [1.165, 1.54) is 16.2 Å². The fraction of sp³-hybridized carbons (Fsp3) is 0.562. The van der Waals surface area contributed by atoms with Gasteiger partial charge in [-0.3, -0.25) is 19.3 Å². The molecule has 2 heterocycles. The van der Waals surface area contributed by atoms with Gasteiger partial charge in [-0.15, -0.1) is 10.2 Å². The van der Waals surface area contributed by atoms with E-state index in [9.17, 15) is 14.4 Å². The van der Waals surface area contributed by atoms with Crippen LogP contribution in [0.4, 0.5) is 5.13 Å². The van der Waals surface area contributed by atoms with Crippen LogP contribution >= 0.6 is 11.3 Å². The number of nitrogens with zero attached hydrogens (tertiary/aromatic N) is 3. The SMILES string of the molecule is CCc1nnc(NC(=O)CCN2C(=O)C3C4C=CC(C4)C3C2=O)s1. The van der Waals surface area contributed by atoms with E-state index < -0.39 is 0 Å². The highest BCUT2D eigenvalue weighted by atomic mass is 32.1. The Morgan fingerprint density at radius 1 is 1.25 bits per heavy atom. The van der Waals surface area contributed by atoms with Crippen molar-refractivity contribution in [2.45, 2.75) is 26.2 Å². The van der Waals surface area contributed by atoms with Gasteiger partial charge in [0.25, 0.3) is 0 Å². The van der Waals surface area contributed by atoms with Gasteiger partial charge in [0.15, 0.2) is 0 Å². The van der Waals surface area contributed by atoms with E-state index in [2.05, 4.69) is 27.7 Å². The summed E-state index contributed by atoms with van der Waals surface area (Å²) >= 11 is 1.33. The Hall–Kier alpha value is -2.09. The van der Waals surface area contributed by atoms with E-state index in [1.54, 1.807) is 0 Å². The molecule has 1 aromatic heterocycles. The molecule has 4 unspecified atom stereocenters. The summed E-state index contributed by atoms with van der Waals surface area (Å²) in [5, 5.41) is 11.8. The molecular weight excluding hydrogens is 328 g/mol. The van der Waals surface area contributed by atoms with Crippen molar-refractivity contribution in [3.63, 3.8) is 0 Å². The van der Waals surface area contributed by atoms with E-state index in [1.807, 2.05) is 6.92 Å². The van der Waals surface area contributed by atoms with Crippen LogP contribution in [0.15, 0.2) is 12.2 Å². The summed E-state index contributed by atoms with van der Waals surface area (Å²) in [4.78, 5) is 38.3. The third-order valence-electron chi connectivity index (χ3n) is 5.14. The maximum Gasteiger partial charge on any atom is 0.233 e. The van der Waals surface area contributed by atoms with Crippen LogP contribution in [0.5, 0.6) is 0 Å². The topological polar surface area (TPSA) is 92.3 Å². The van der Waals surface area contributed by atoms with Crippen molar-refractivity contribution in [2.24, 2.45) is 23.7 Å². The van der Waals surface area contributed by atoms with E-state index in [0.717, 1.165) is 17.8 Å². The van der Waals surface area contributed by atoms with Gasteiger partial charge in [-0.25, -0.2) is 0 Å². The number of amides is 3. The molecule has 2 fully saturated rings. The molecule has 3 aliphatic rings. The molecule has 126 valence electrons. The molecule has 1 saturated heterocycles. The van der Waals surface area contributed by atoms with Crippen LogP contribution in [0.1, 0.15) is 24.8 Å². The van der Waals surface area contributed by atoms with Crippen LogP contribution in [0, 0.1) is 23.7 Å². The highest BCUT2D eigenvalue weighted by Gasteiger charge is 2.58. The number of rotatable bonds is 5. The van der Waals surface area contributed by atoms with Crippen LogP contribution in [-0.4, -0.2) is 39.4 Å². The minimum atomic E-state index is -0.257. The predicted octanol–water partition coefficient (Wildman–Crippen LogP) is 1.24. The Morgan fingerprint density at radius 2 is 1.92 bits per heavy atom. The third-order valence-corrected chi connectivity index (χ3v) is 6.12. The molecule has 7 nitrogen and oxygen atoms in total. The van der Waals surface area contributed by atoms with Crippen molar-refractivity contribution < 1.29 is 14.4 Å². The van der Waals surface area contributed by atoms with Gasteiger partial charge in [0.2, 0.25) is 22.9 Å². The number of likely N-dealkylation sites (tertiary alicyclic amines) is 1. The van der Waals surface area contributed by atoms with Crippen molar-refractivity contribution in [3.05, 3.63) is 17.2 Å². The van der Waals surface area contributed by atoms with Gasteiger partial charge in [0.05, 0.1) is 11.8 Å². The number of aryl methyl sites for hydroxylation is 1. The van der Waals surface area contributed by atoms with Crippen LogP contribution in [0.2, 0.25) is 0 Å². The van der Waals surface area contributed by atoms with E-state index >= 15 is 0 Å². The summed E-state index contributed by atoms with van der Waals surface area (Å²) in [7, 11) is 0. The summed E-state index contributed by atoms with van der Waals surface area (Å²) in [6, 6.07) is 0. The average Bonchev–Trinajstić information content (AvgIpc) is 3.31. The number of carbonyl (C=O) groups excluding carboxylic acids is 3. The molecule has 3 amide bonds. The minimum absolute atomic E-state index is 0.0840. The van der Waals surface area contributed by atoms with Gasteiger partial charge in [0.1, 0.15) is 5.01 Å². The van der Waals surface area contributed by atoms with Gasteiger partial charge in [-0.1, -0.05) is 30.4 Å². The second kappa shape index (κ2) is 5.77. The van der Waals surface area contributed by atoms with Crippen LogP contribution in [0.25, 0.3) is 0 Å². The third kappa shape index (κ3) is 2.36. The second-order valence-corrected chi connectivity index (χ2v) is 7.54. The van der Waals surface area contributed by atoms with Crippen molar-refractivity contribution in [3.8, 4) is 0 Å². The molecule has 0 radical (unpaired) electrons. The molecule has 2 aliphatic carbocycles. The predicted molar refractivity (Wildman–Crippen MR) is 87.0 cm³/mol. The molecule has 4 rings (SSSR count). The zero-order valence-electron chi connectivity index (χ0n) is 13.3. The van der Waals surface area contributed by atoms with Gasteiger partial charge < -0.3 is 5.32 Å². The molecule has 1 saturated carbocycles. The van der Waals surface area contributed by atoms with Crippen molar-refractivity contribution in [1.29, 1.82) is 0 Å². The van der Waals surface area contributed by atoms with Crippen LogP contribution < -0.4 is 5.32 Å². The smallest absolute Gasteiger partial charge is 0.233 e. The first-order valence-corrected chi connectivity index (χ1v) is 9.06. The normalized spacial score (nSPS) is 30.3. The van der Waals surface area contributed by atoms with E-state index in [4.69, 9.17) is 0 Å². The summed E-state index contributed by atoms with van der Waals surface area (Å²) in [5.74, 6) is -0.491. The van der Waals surface area contributed by atoms with E-state index in [-0.39, 0.29) is 54.4 Å². The highest BCUT2D eigenvalue weighted by molar-refractivity contribution is 7.15. The number of hydrogen-bond acceptors (Lipinski definition) is 6. The molecule has 1 N–H and O–H groups in total. The Bertz CT molecular complexity index is 713. The Kier molecular flexibility index (Phi) is 3.71. The monoisotopic (exact) mass is 346 g/mol. The number of fused-ring (bicyclic) bond motifs is 5. The molecule has 4 atom stereocenters.